The molecule has 0 spiro atoms. The Morgan fingerprint density at radius 2 is 2.23 bits per heavy atom. The standard InChI is InChI=1S/C10H13NOS/c1-6(12)8-2-7-3-9(8)10(4-7)11-5-13/h7-10H,2-4H2,1H3/t7-,8-,9+,10+/m1/s1. The van der Waals surface area contributed by atoms with E-state index in [0.717, 1.165) is 18.8 Å². The number of thiocarbonyl (C=S) groups is 1. The van der Waals surface area contributed by atoms with Crippen LogP contribution in [0.1, 0.15) is 26.2 Å². The summed E-state index contributed by atoms with van der Waals surface area (Å²) in [5.74, 6) is 1.78. The summed E-state index contributed by atoms with van der Waals surface area (Å²) in [4.78, 5) is 15.4. The highest BCUT2D eigenvalue weighted by atomic mass is 32.1. The molecule has 2 fully saturated rings. The summed E-state index contributed by atoms with van der Waals surface area (Å²) in [6.45, 7) is 1.70. The van der Waals surface area contributed by atoms with E-state index in [9.17, 15) is 4.79 Å². The van der Waals surface area contributed by atoms with Gasteiger partial charge in [0.25, 0.3) is 0 Å². The van der Waals surface area contributed by atoms with Crippen LogP contribution >= 0.6 is 12.2 Å². The van der Waals surface area contributed by atoms with Crippen molar-refractivity contribution in [1.29, 1.82) is 0 Å². The summed E-state index contributed by atoms with van der Waals surface area (Å²) < 4.78 is 0. The lowest BCUT2D eigenvalue weighted by Crippen LogP contribution is -2.27. The van der Waals surface area contributed by atoms with Gasteiger partial charge in [0.15, 0.2) is 0 Å². The van der Waals surface area contributed by atoms with E-state index in [1.54, 1.807) is 6.92 Å². The van der Waals surface area contributed by atoms with Gasteiger partial charge >= 0.3 is 0 Å². The van der Waals surface area contributed by atoms with E-state index in [4.69, 9.17) is 0 Å². The third kappa shape index (κ3) is 1.47. The Morgan fingerprint density at radius 1 is 1.46 bits per heavy atom. The molecule has 2 aliphatic carbocycles. The highest BCUT2D eigenvalue weighted by Crippen LogP contribution is 2.49. The first-order valence-corrected chi connectivity index (χ1v) is 5.20. The quantitative estimate of drug-likeness (QED) is 0.499. The number of carbonyl (C=O) groups excluding carboxylic acids is 1. The highest BCUT2D eigenvalue weighted by Gasteiger charge is 2.47. The third-order valence-corrected chi connectivity index (χ3v) is 3.62. The number of fused-ring (bicyclic) bond motifs is 2. The molecule has 3 heteroatoms. The van der Waals surface area contributed by atoms with Gasteiger partial charge in [-0.15, -0.1) is 0 Å². The molecule has 0 aromatic heterocycles. The Bertz CT molecular complexity index is 271. The Hall–Kier alpha value is -0.530. The van der Waals surface area contributed by atoms with Crippen molar-refractivity contribution in [3.8, 4) is 0 Å². The van der Waals surface area contributed by atoms with Crippen LogP contribution in [0.2, 0.25) is 0 Å². The molecule has 2 rings (SSSR count). The predicted molar refractivity (Wildman–Crippen MR) is 53.8 cm³/mol. The lowest BCUT2D eigenvalue weighted by molar-refractivity contribution is -0.122. The molecule has 2 nitrogen and oxygen atoms in total. The van der Waals surface area contributed by atoms with Crippen LogP contribution in [0.5, 0.6) is 0 Å². The number of isothiocyanates is 1. The van der Waals surface area contributed by atoms with E-state index in [2.05, 4.69) is 22.4 Å². The lowest BCUT2D eigenvalue weighted by atomic mass is 9.83. The first kappa shape index (κ1) is 9.04. The van der Waals surface area contributed by atoms with E-state index in [1.165, 1.54) is 6.42 Å². The Balaban J connectivity index is 2.14. The van der Waals surface area contributed by atoms with Crippen molar-refractivity contribution >= 4 is 23.2 Å². The van der Waals surface area contributed by atoms with E-state index in [0.29, 0.717) is 17.7 Å². The molecule has 0 N–H and O–H groups in total. The van der Waals surface area contributed by atoms with Crippen LogP contribution < -0.4 is 0 Å². The number of hydrogen-bond acceptors (Lipinski definition) is 3. The third-order valence-electron chi connectivity index (χ3n) is 3.52. The van der Waals surface area contributed by atoms with Crippen molar-refractivity contribution in [1.82, 2.24) is 0 Å². The fraction of sp³-hybridized carbons (Fsp3) is 0.800. The summed E-state index contributed by atoms with van der Waals surface area (Å²) >= 11 is 4.61. The molecule has 0 aromatic rings. The maximum absolute atomic E-state index is 11.3. The molecule has 0 aromatic carbocycles. The minimum Gasteiger partial charge on any atom is -0.300 e. The second kappa shape index (κ2) is 3.32. The monoisotopic (exact) mass is 195 g/mol. The minimum absolute atomic E-state index is 0.260. The molecule has 0 amide bonds. The lowest BCUT2D eigenvalue weighted by Gasteiger charge is -2.23. The summed E-state index contributed by atoms with van der Waals surface area (Å²) in [5, 5.41) is 2.45. The van der Waals surface area contributed by atoms with Crippen LogP contribution in [0.3, 0.4) is 0 Å². The second-order valence-electron chi connectivity index (χ2n) is 4.24. The first-order chi connectivity index (χ1) is 6.22. The molecular weight excluding hydrogens is 182 g/mol. The summed E-state index contributed by atoms with van der Waals surface area (Å²) in [5.41, 5.74) is 0. The number of rotatable bonds is 2. The maximum Gasteiger partial charge on any atom is 0.133 e. The van der Waals surface area contributed by atoms with E-state index < -0.39 is 0 Å². The molecule has 13 heavy (non-hydrogen) atoms. The van der Waals surface area contributed by atoms with Gasteiger partial charge in [0, 0.05) is 5.92 Å². The van der Waals surface area contributed by atoms with Gasteiger partial charge in [-0.3, -0.25) is 4.79 Å². The van der Waals surface area contributed by atoms with E-state index >= 15 is 0 Å². The van der Waals surface area contributed by atoms with Crippen LogP contribution in [0.4, 0.5) is 0 Å². The molecule has 2 bridgehead atoms. The summed E-state index contributed by atoms with van der Waals surface area (Å²) in [6, 6.07) is 0.296. The summed E-state index contributed by atoms with van der Waals surface area (Å²) in [6.07, 6.45) is 3.39. The smallest absolute Gasteiger partial charge is 0.133 e. The zero-order chi connectivity index (χ0) is 9.42. The number of hydrogen-bond donors (Lipinski definition) is 0. The number of aliphatic imine (C=N–C) groups is 1. The zero-order valence-electron chi connectivity index (χ0n) is 7.69. The van der Waals surface area contributed by atoms with Crippen molar-refractivity contribution < 1.29 is 4.79 Å². The van der Waals surface area contributed by atoms with Crippen LogP contribution in [-0.2, 0) is 4.79 Å². The minimum atomic E-state index is 0.260. The number of nitrogens with zero attached hydrogens (tertiary/aromatic N) is 1. The molecule has 0 unspecified atom stereocenters. The molecule has 0 saturated heterocycles. The predicted octanol–water partition coefficient (Wildman–Crippen LogP) is 2.09. The highest BCUT2D eigenvalue weighted by molar-refractivity contribution is 7.78. The Kier molecular flexibility index (Phi) is 2.31. The number of carbonyl (C=O) groups is 1. The van der Waals surface area contributed by atoms with Crippen molar-refractivity contribution in [2.24, 2.45) is 22.7 Å². The van der Waals surface area contributed by atoms with Gasteiger partial charge in [-0.05, 0) is 50.2 Å². The normalized spacial score (nSPS) is 41.6. The van der Waals surface area contributed by atoms with Crippen LogP contribution in [0.15, 0.2) is 4.99 Å². The van der Waals surface area contributed by atoms with E-state index in [1.807, 2.05) is 0 Å². The molecule has 0 radical (unpaired) electrons. The topological polar surface area (TPSA) is 29.4 Å². The van der Waals surface area contributed by atoms with Crippen LogP contribution in [-0.4, -0.2) is 17.0 Å². The fourth-order valence-corrected chi connectivity index (χ4v) is 3.13. The summed E-state index contributed by atoms with van der Waals surface area (Å²) in [7, 11) is 0. The fourth-order valence-electron chi connectivity index (χ4n) is 3.00. The molecule has 2 aliphatic rings. The largest absolute Gasteiger partial charge is 0.300 e. The molecule has 0 aliphatic heterocycles. The van der Waals surface area contributed by atoms with Crippen molar-refractivity contribution in [2.75, 3.05) is 0 Å². The van der Waals surface area contributed by atoms with Gasteiger partial charge < -0.3 is 0 Å². The van der Waals surface area contributed by atoms with E-state index in [-0.39, 0.29) is 5.92 Å². The van der Waals surface area contributed by atoms with Crippen molar-refractivity contribution in [3.63, 3.8) is 0 Å². The first-order valence-electron chi connectivity index (χ1n) is 4.79. The van der Waals surface area contributed by atoms with Gasteiger partial charge in [-0.25, -0.2) is 4.99 Å². The molecular formula is C10H13NOS. The van der Waals surface area contributed by atoms with Crippen molar-refractivity contribution in [2.45, 2.75) is 32.2 Å². The average Bonchev–Trinajstić information content (AvgIpc) is 2.62. The Morgan fingerprint density at radius 3 is 2.77 bits per heavy atom. The average molecular weight is 195 g/mol. The Labute approximate surface area is 83.4 Å². The maximum atomic E-state index is 11.3. The molecule has 2 saturated carbocycles. The van der Waals surface area contributed by atoms with Crippen LogP contribution in [0.25, 0.3) is 0 Å². The SMILES string of the molecule is CC(=O)[C@H]1C[C@@H]2C[C@@H]1[C@@H](N=C=S)C2. The van der Waals surface area contributed by atoms with Gasteiger partial charge in [0.05, 0.1) is 11.2 Å². The molecule has 70 valence electrons. The molecule has 0 heterocycles. The number of Topliss-reactive ketones (excluding diaryl/α,β-unsaturated/α-hetero) is 1. The zero-order valence-corrected chi connectivity index (χ0v) is 8.51. The molecule has 4 atom stereocenters. The van der Waals surface area contributed by atoms with Crippen LogP contribution in [0, 0.1) is 17.8 Å². The second-order valence-corrected chi connectivity index (χ2v) is 4.42. The van der Waals surface area contributed by atoms with Gasteiger partial charge in [0.1, 0.15) is 5.78 Å². The van der Waals surface area contributed by atoms with Gasteiger partial charge in [-0.1, -0.05) is 0 Å². The van der Waals surface area contributed by atoms with Gasteiger partial charge in [-0.2, -0.15) is 0 Å². The number of ketones is 1. The van der Waals surface area contributed by atoms with Crippen molar-refractivity contribution in [3.05, 3.63) is 0 Å². The van der Waals surface area contributed by atoms with Gasteiger partial charge in [0.2, 0.25) is 0 Å².